The van der Waals surface area contributed by atoms with Crippen molar-refractivity contribution in [2.45, 2.75) is 32.2 Å². The van der Waals surface area contributed by atoms with E-state index in [-0.39, 0.29) is 11.9 Å². The van der Waals surface area contributed by atoms with Crippen LogP contribution in [0.15, 0.2) is 36.7 Å². The molecule has 0 atom stereocenters. The van der Waals surface area contributed by atoms with Gasteiger partial charge in [-0.1, -0.05) is 12.1 Å². The van der Waals surface area contributed by atoms with Crippen LogP contribution in [0.3, 0.4) is 0 Å². The molecule has 3 rings (SSSR count). The van der Waals surface area contributed by atoms with Crippen LogP contribution < -0.4 is 15.0 Å². The van der Waals surface area contributed by atoms with E-state index < -0.39 is 0 Å². The number of carbonyl (C=O) groups excluding carboxylic acids is 1. The summed E-state index contributed by atoms with van der Waals surface area (Å²) in [6.45, 7) is 3.75. The van der Waals surface area contributed by atoms with Gasteiger partial charge in [-0.3, -0.25) is 4.79 Å². The largest absolute Gasteiger partial charge is 0.497 e. The normalized spacial score (nSPS) is 15.0. The second kappa shape index (κ2) is 7.96. The van der Waals surface area contributed by atoms with E-state index in [0.717, 1.165) is 48.8 Å². The fourth-order valence-electron chi connectivity index (χ4n) is 3.11. The first-order chi connectivity index (χ1) is 12.1. The Hall–Kier alpha value is -2.63. The van der Waals surface area contributed by atoms with Crippen molar-refractivity contribution in [2.24, 2.45) is 0 Å². The van der Waals surface area contributed by atoms with Gasteiger partial charge in [-0.2, -0.15) is 0 Å². The maximum absolute atomic E-state index is 12.3. The van der Waals surface area contributed by atoms with Gasteiger partial charge in [0.25, 0.3) is 0 Å². The van der Waals surface area contributed by atoms with Crippen molar-refractivity contribution in [1.82, 2.24) is 15.3 Å². The minimum absolute atomic E-state index is 0.0598. The number of piperidine rings is 1. The van der Waals surface area contributed by atoms with E-state index in [1.165, 1.54) is 0 Å². The highest BCUT2D eigenvalue weighted by molar-refractivity contribution is 5.79. The summed E-state index contributed by atoms with van der Waals surface area (Å²) in [5.74, 6) is 1.80. The first kappa shape index (κ1) is 17.2. The van der Waals surface area contributed by atoms with Gasteiger partial charge >= 0.3 is 0 Å². The van der Waals surface area contributed by atoms with Gasteiger partial charge in [0, 0.05) is 30.9 Å². The number of benzene rings is 1. The van der Waals surface area contributed by atoms with Gasteiger partial charge in [0.1, 0.15) is 17.9 Å². The third-order valence-corrected chi connectivity index (χ3v) is 4.47. The molecular weight excluding hydrogens is 316 g/mol. The summed E-state index contributed by atoms with van der Waals surface area (Å²) in [6.07, 6.45) is 3.83. The quantitative estimate of drug-likeness (QED) is 0.903. The van der Waals surface area contributed by atoms with Crippen molar-refractivity contribution in [2.75, 3.05) is 25.1 Å². The number of methoxy groups -OCH3 is 1. The molecule has 1 aromatic heterocycles. The molecule has 1 fully saturated rings. The van der Waals surface area contributed by atoms with Crippen LogP contribution in [0.1, 0.15) is 24.1 Å². The number of ether oxygens (including phenoxy) is 1. The molecule has 0 radical (unpaired) electrons. The molecule has 0 bridgehead atoms. The molecule has 0 aliphatic carbocycles. The first-order valence-electron chi connectivity index (χ1n) is 8.60. The van der Waals surface area contributed by atoms with Crippen LogP contribution in [0, 0.1) is 6.92 Å². The molecule has 25 heavy (non-hydrogen) atoms. The SMILES string of the molecule is COc1cccc(CC(=O)NC2CCN(c3cc(C)ncn3)CC2)c1. The second-order valence-electron chi connectivity index (χ2n) is 6.37. The van der Waals surface area contributed by atoms with Gasteiger partial charge in [-0.05, 0) is 37.5 Å². The van der Waals surface area contributed by atoms with E-state index in [2.05, 4.69) is 20.2 Å². The van der Waals surface area contributed by atoms with E-state index in [1.807, 2.05) is 37.3 Å². The van der Waals surface area contributed by atoms with E-state index in [4.69, 9.17) is 4.74 Å². The summed E-state index contributed by atoms with van der Waals surface area (Å²) in [6, 6.07) is 9.86. The van der Waals surface area contributed by atoms with Crippen LogP contribution in [0.2, 0.25) is 0 Å². The van der Waals surface area contributed by atoms with Crippen molar-refractivity contribution >= 4 is 11.7 Å². The van der Waals surface area contributed by atoms with Gasteiger partial charge < -0.3 is 15.0 Å². The molecule has 2 heterocycles. The molecule has 1 aliphatic heterocycles. The maximum Gasteiger partial charge on any atom is 0.224 e. The average Bonchev–Trinajstić information content (AvgIpc) is 2.62. The highest BCUT2D eigenvalue weighted by atomic mass is 16.5. The molecule has 1 saturated heterocycles. The molecule has 6 heteroatoms. The number of rotatable bonds is 5. The van der Waals surface area contributed by atoms with Gasteiger partial charge in [0.15, 0.2) is 0 Å². The molecule has 132 valence electrons. The van der Waals surface area contributed by atoms with Crippen LogP contribution in [0.5, 0.6) is 5.75 Å². The third kappa shape index (κ3) is 4.68. The maximum atomic E-state index is 12.3. The molecule has 0 unspecified atom stereocenters. The van der Waals surface area contributed by atoms with Crippen molar-refractivity contribution in [3.05, 3.63) is 47.9 Å². The second-order valence-corrected chi connectivity index (χ2v) is 6.37. The van der Waals surface area contributed by atoms with E-state index in [0.29, 0.717) is 6.42 Å². The molecule has 1 N–H and O–H groups in total. The summed E-state index contributed by atoms with van der Waals surface area (Å²) < 4.78 is 5.20. The first-order valence-corrected chi connectivity index (χ1v) is 8.60. The Bertz CT molecular complexity index is 727. The molecule has 2 aromatic rings. The molecule has 1 aliphatic rings. The van der Waals surface area contributed by atoms with Crippen molar-refractivity contribution in [3.8, 4) is 5.75 Å². The number of nitrogens with zero attached hydrogens (tertiary/aromatic N) is 3. The lowest BCUT2D eigenvalue weighted by Crippen LogP contribution is -2.45. The predicted octanol–water partition coefficient (Wildman–Crippen LogP) is 2.12. The zero-order valence-corrected chi connectivity index (χ0v) is 14.7. The van der Waals surface area contributed by atoms with E-state index in [1.54, 1.807) is 13.4 Å². The van der Waals surface area contributed by atoms with E-state index in [9.17, 15) is 4.79 Å². The Morgan fingerprint density at radius 3 is 2.80 bits per heavy atom. The highest BCUT2D eigenvalue weighted by Gasteiger charge is 2.21. The monoisotopic (exact) mass is 340 g/mol. The van der Waals surface area contributed by atoms with Crippen molar-refractivity contribution in [3.63, 3.8) is 0 Å². The third-order valence-electron chi connectivity index (χ3n) is 4.47. The lowest BCUT2D eigenvalue weighted by molar-refractivity contribution is -0.121. The molecule has 0 spiro atoms. The summed E-state index contributed by atoms with van der Waals surface area (Å²) in [4.78, 5) is 23.0. The fourth-order valence-corrected chi connectivity index (χ4v) is 3.11. The minimum Gasteiger partial charge on any atom is -0.497 e. The summed E-state index contributed by atoms with van der Waals surface area (Å²) in [5, 5.41) is 3.15. The lowest BCUT2D eigenvalue weighted by Gasteiger charge is -2.33. The van der Waals surface area contributed by atoms with Crippen LogP contribution in [0.25, 0.3) is 0 Å². The van der Waals surface area contributed by atoms with Gasteiger partial charge in [0.2, 0.25) is 5.91 Å². The minimum atomic E-state index is 0.0598. The van der Waals surface area contributed by atoms with Gasteiger partial charge in [0.05, 0.1) is 13.5 Å². The number of aryl methyl sites for hydroxylation is 1. The van der Waals surface area contributed by atoms with Crippen LogP contribution in [-0.4, -0.2) is 42.1 Å². The molecular formula is C19H24N4O2. The number of nitrogens with one attached hydrogen (secondary N) is 1. The number of amides is 1. The Kier molecular flexibility index (Phi) is 5.48. The Balaban J connectivity index is 1.49. The molecule has 6 nitrogen and oxygen atoms in total. The smallest absolute Gasteiger partial charge is 0.224 e. The Morgan fingerprint density at radius 2 is 2.08 bits per heavy atom. The fraction of sp³-hybridized carbons (Fsp3) is 0.421. The Labute approximate surface area is 148 Å². The molecule has 1 amide bonds. The number of anilines is 1. The standard InChI is InChI=1S/C19H24N4O2/c1-14-10-18(21-13-20-14)23-8-6-16(7-9-23)22-19(24)12-15-4-3-5-17(11-15)25-2/h3-5,10-11,13,16H,6-9,12H2,1-2H3,(H,22,24). The summed E-state index contributed by atoms with van der Waals surface area (Å²) in [5.41, 5.74) is 1.93. The Morgan fingerprint density at radius 1 is 1.28 bits per heavy atom. The number of hydrogen-bond donors (Lipinski definition) is 1. The molecule has 0 saturated carbocycles. The van der Waals surface area contributed by atoms with Gasteiger partial charge in [-0.25, -0.2) is 9.97 Å². The lowest BCUT2D eigenvalue weighted by atomic mass is 10.0. The number of aromatic nitrogens is 2. The summed E-state index contributed by atoms with van der Waals surface area (Å²) >= 11 is 0. The highest BCUT2D eigenvalue weighted by Crippen LogP contribution is 2.18. The van der Waals surface area contributed by atoms with E-state index >= 15 is 0 Å². The zero-order valence-electron chi connectivity index (χ0n) is 14.7. The van der Waals surface area contributed by atoms with Gasteiger partial charge in [-0.15, -0.1) is 0 Å². The zero-order chi connectivity index (χ0) is 17.6. The van der Waals surface area contributed by atoms with Crippen LogP contribution in [0.4, 0.5) is 5.82 Å². The molecule has 1 aromatic carbocycles. The number of carbonyl (C=O) groups is 1. The average molecular weight is 340 g/mol. The number of hydrogen-bond acceptors (Lipinski definition) is 5. The predicted molar refractivity (Wildman–Crippen MR) is 96.8 cm³/mol. The van der Waals surface area contributed by atoms with Crippen molar-refractivity contribution in [1.29, 1.82) is 0 Å². The topological polar surface area (TPSA) is 67.3 Å². The van der Waals surface area contributed by atoms with Crippen LogP contribution in [-0.2, 0) is 11.2 Å². The van der Waals surface area contributed by atoms with Crippen molar-refractivity contribution < 1.29 is 9.53 Å². The summed E-state index contributed by atoms with van der Waals surface area (Å²) in [7, 11) is 1.63. The van der Waals surface area contributed by atoms with Crippen LogP contribution >= 0.6 is 0 Å².